The van der Waals surface area contributed by atoms with Crippen LogP contribution in [0.1, 0.15) is 31.4 Å². The SMILES string of the molecule is C/C(Nc1ccn(CC[C@H](C)O)n1)=C1\C=C(c2cnccc2C)NN1. The first-order chi connectivity index (χ1) is 12.0. The minimum atomic E-state index is -0.322. The molecule has 2 aromatic heterocycles. The van der Waals surface area contributed by atoms with Crippen molar-refractivity contribution < 1.29 is 5.11 Å². The lowest BCUT2D eigenvalue weighted by molar-refractivity contribution is 0.176. The topological polar surface area (TPSA) is 87.0 Å². The fraction of sp³-hybridized carbons (Fsp3) is 0.333. The third kappa shape index (κ3) is 4.19. The molecule has 1 atom stereocenters. The Labute approximate surface area is 147 Å². The van der Waals surface area contributed by atoms with E-state index in [2.05, 4.69) is 39.3 Å². The van der Waals surface area contributed by atoms with Crippen LogP contribution in [0.2, 0.25) is 0 Å². The first-order valence-corrected chi connectivity index (χ1v) is 8.37. The molecule has 7 heteroatoms. The Hall–Kier alpha value is -2.80. The summed E-state index contributed by atoms with van der Waals surface area (Å²) in [4.78, 5) is 4.19. The number of anilines is 1. The van der Waals surface area contributed by atoms with E-state index in [4.69, 9.17) is 0 Å². The molecule has 2 aromatic rings. The molecular weight excluding hydrogens is 316 g/mol. The fourth-order valence-corrected chi connectivity index (χ4v) is 2.58. The van der Waals surface area contributed by atoms with Gasteiger partial charge in [-0.05, 0) is 44.9 Å². The molecule has 0 fully saturated rings. The monoisotopic (exact) mass is 340 g/mol. The van der Waals surface area contributed by atoms with Gasteiger partial charge in [-0.15, -0.1) is 0 Å². The van der Waals surface area contributed by atoms with E-state index in [1.54, 1.807) is 13.1 Å². The largest absolute Gasteiger partial charge is 0.393 e. The van der Waals surface area contributed by atoms with Crippen molar-refractivity contribution in [1.29, 1.82) is 0 Å². The highest BCUT2D eigenvalue weighted by atomic mass is 16.3. The van der Waals surface area contributed by atoms with Crippen LogP contribution in [0.25, 0.3) is 5.70 Å². The first-order valence-electron chi connectivity index (χ1n) is 8.37. The lowest BCUT2D eigenvalue weighted by atomic mass is 10.1. The van der Waals surface area contributed by atoms with Crippen LogP contribution >= 0.6 is 0 Å². The van der Waals surface area contributed by atoms with Gasteiger partial charge in [-0.2, -0.15) is 5.10 Å². The number of allylic oxidation sites excluding steroid dienone is 2. The van der Waals surface area contributed by atoms with Gasteiger partial charge in [0.2, 0.25) is 0 Å². The van der Waals surface area contributed by atoms with Crippen molar-refractivity contribution in [2.24, 2.45) is 0 Å². The van der Waals surface area contributed by atoms with Gasteiger partial charge in [0.05, 0.1) is 17.5 Å². The van der Waals surface area contributed by atoms with Crippen LogP contribution in [-0.4, -0.2) is 26.0 Å². The van der Waals surface area contributed by atoms with Crippen LogP contribution < -0.4 is 16.2 Å². The molecule has 4 N–H and O–H groups in total. The Bertz CT molecular complexity index is 805. The smallest absolute Gasteiger partial charge is 0.152 e. The number of hydrogen-bond acceptors (Lipinski definition) is 6. The molecule has 0 bridgehead atoms. The number of hydrazine groups is 1. The van der Waals surface area contributed by atoms with Crippen molar-refractivity contribution in [3.63, 3.8) is 0 Å². The molecule has 0 amide bonds. The van der Waals surface area contributed by atoms with Crippen molar-refractivity contribution >= 4 is 11.5 Å². The summed E-state index contributed by atoms with van der Waals surface area (Å²) in [6.45, 7) is 6.53. The second kappa shape index (κ2) is 7.40. The summed E-state index contributed by atoms with van der Waals surface area (Å²) in [6.07, 6.45) is 7.96. The number of aliphatic hydroxyl groups excluding tert-OH is 1. The van der Waals surface area contributed by atoms with E-state index in [1.165, 1.54) is 5.56 Å². The van der Waals surface area contributed by atoms with Crippen molar-refractivity contribution in [3.05, 3.63) is 59.3 Å². The van der Waals surface area contributed by atoms with Gasteiger partial charge in [-0.3, -0.25) is 15.1 Å². The van der Waals surface area contributed by atoms with Crippen LogP contribution in [-0.2, 0) is 6.54 Å². The molecule has 0 radical (unpaired) electrons. The lowest BCUT2D eigenvalue weighted by Crippen LogP contribution is -2.24. The van der Waals surface area contributed by atoms with Gasteiger partial charge in [0.25, 0.3) is 0 Å². The summed E-state index contributed by atoms with van der Waals surface area (Å²) < 4.78 is 1.83. The van der Waals surface area contributed by atoms with Crippen LogP contribution in [0.15, 0.2) is 48.2 Å². The second-order valence-electron chi connectivity index (χ2n) is 6.26. The number of aryl methyl sites for hydroxylation is 2. The maximum atomic E-state index is 9.36. The quantitative estimate of drug-likeness (QED) is 0.645. The Balaban J connectivity index is 1.70. The Morgan fingerprint density at radius 1 is 1.36 bits per heavy atom. The number of hydrogen-bond donors (Lipinski definition) is 4. The molecule has 7 nitrogen and oxygen atoms in total. The van der Waals surface area contributed by atoms with Gasteiger partial charge in [0.15, 0.2) is 5.82 Å². The van der Waals surface area contributed by atoms with Gasteiger partial charge in [0, 0.05) is 42.5 Å². The maximum absolute atomic E-state index is 9.36. The number of aromatic nitrogens is 3. The molecular formula is C18H24N6O. The molecule has 0 saturated heterocycles. The van der Waals surface area contributed by atoms with E-state index < -0.39 is 0 Å². The van der Waals surface area contributed by atoms with Crippen LogP contribution in [0.3, 0.4) is 0 Å². The molecule has 1 aliphatic heterocycles. The van der Waals surface area contributed by atoms with Crippen molar-refractivity contribution in [1.82, 2.24) is 25.6 Å². The average molecular weight is 340 g/mol. The molecule has 3 heterocycles. The molecule has 0 saturated carbocycles. The van der Waals surface area contributed by atoms with Crippen molar-refractivity contribution in [3.8, 4) is 0 Å². The summed E-state index contributed by atoms with van der Waals surface area (Å²) >= 11 is 0. The summed E-state index contributed by atoms with van der Waals surface area (Å²) in [5.41, 5.74) is 11.5. The van der Waals surface area contributed by atoms with Gasteiger partial charge in [-0.25, -0.2) is 0 Å². The minimum absolute atomic E-state index is 0.322. The maximum Gasteiger partial charge on any atom is 0.152 e. The molecule has 0 aromatic carbocycles. The highest BCUT2D eigenvalue weighted by molar-refractivity contribution is 5.71. The molecule has 3 rings (SSSR count). The van der Waals surface area contributed by atoms with Crippen LogP contribution in [0, 0.1) is 6.92 Å². The Morgan fingerprint density at radius 2 is 2.20 bits per heavy atom. The number of nitrogens with one attached hydrogen (secondary N) is 3. The predicted molar refractivity (Wildman–Crippen MR) is 98.1 cm³/mol. The minimum Gasteiger partial charge on any atom is -0.393 e. The van der Waals surface area contributed by atoms with Crippen molar-refractivity contribution in [2.75, 3.05) is 5.32 Å². The number of pyridine rings is 1. The van der Waals surface area contributed by atoms with Crippen molar-refractivity contribution in [2.45, 2.75) is 39.8 Å². The van der Waals surface area contributed by atoms with Gasteiger partial charge in [0.1, 0.15) is 0 Å². The van der Waals surface area contributed by atoms with E-state index in [-0.39, 0.29) is 6.10 Å². The van der Waals surface area contributed by atoms with E-state index in [0.29, 0.717) is 13.0 Å². The normalized spacial score (nSPS) is 16.7. The third-order valence-corrected chi connectivity index (χ3v) is 4.09. The Morgan fingerprint density at radius 3 is 2.96 bits per heavy atom. The zero-order valence-corrected chi connectivity index (χ0v) is 14.7. The second-order valence-corrected chi connectivity index (χ2v) is 6.26. The highest BCUT2D eigenvalue weighted by Crippen LogP contribution is 2.21. The fourth-order valence-electron chi connectivity index (χ4n) is 2.58. The number of aliphatic hydroxyl groups is 1. The third-order valence-electron chi connectivity index (χ3n) is 4.09. The molecule has 132 valence electrons. The van der Waals surface area contributed by atoms with Gasteiger partial charge in [-0.1, -0.05) is 0 Å². The molecule has 0 spiro atoms. The van der Waals surface area contributed by atoms with Gasteiger partial charge >= 0.3 is 0 Å². The predicted octanol–water partition coefficient (Wildman–Crippen LogP) is 2.15. The molecule has 0 aliphatic carbocycles. The summed E-state index contributed by atoms with van der Waals surface area (Å²) in [6, 6.07) is 3.91. The summed E-state index contributed by atoms with van der Waals surface area (Å²) in [5, 5.41) is 17.1. The van der Waals surface area contributed by atoms with E-state index in [1.807, 2.05) is 36.1 Å². The molecule has 0 unspecified atom stereocenters. The number of rotatable bonds is 6. The van der Waals surface area contributed by atoms with E-state index in [9.17, 15) is 5.11 Å². The molecule has 1 aliphatic rings. The van der Waals surface area contributed by atoms with Crippen LogP contribution in [0.5, 0.6) is 0 Å². The standard InChI is InChI=1S/C18H24N6O/c1-12-4-7-19-11-15(12)17-10-16(21-22-17)14(3)20-18-6-9-24(23-18)8-5-13(2)25/h4,6-7,9-11,13,21-22,25H,5,8H2,1-3H3,(H,20,23)/b16-14-/t13-/m0/s1. The van der Waals surface area contributed by atoms with Gasteiger partial charge < -0.3 is 15.8 Å². The summed E-state index contributed by atoms with van der Waals surface area (Å²) in [7, 11) is 0. The highest BCUT2D eigenvalue weighted by Gasteiger charge is 2.14. The molecule has 25 heavy (non-hydrogen) atoms. The lowest BCUT2D eigenvalue weighted by Gasteiger charge is -2.08. The van der Waals surface area contributed by atoms with Crippen LogP contribution in [0.4, 0.5) is 5.82 Å². The zero-order chi connectivity index (χ0) is 17.8. The average Bonchev–Trinajstić information content (AvgIpc) is 3.23. The summed E-state index contributed by atoms with van der Waals surface area (Å²) in [5.74, 6) is 0.775. The van der Waals surface area contributed by atoms with E-state index >= 15 is 0 Å². The van der Waals surface area contributed by atoms with E-state index in [0.717, 1.165) is 28.5 Å². The first kappa shape index (κ1) is 17.0. The zero-order valence-electron chi connectivity index (χ0n) is 14.7. The number of nitrogens with zero attached hydrogens (tertiary/aromatic N) is 3. The Kier molecular flexibility index (Phi) is 5.04.